The highest BCUT2D eigenvalue weighted by Gasteiger charge is 2.47. The molecule has 2 saturated carbocycles. The van der Waals surface area contributed by atoms with E-state index in [1.165, 1.54) is 25.7 Å². The van der Waals surface area contributed by atoms with Crippen molar-refractivity contribution in [2.24, 2.45) is 11.3 Å². The number of amides is 1. The predicted octanol–water partition coefficient (Wildman–Crippen LogP) is 1.84. The number of carbonyl (C=O) groups excluding carboxylic acids is 1. The largest absolute Gasteiger partial charge is 0.392 e. The Morgan fingerprint density at radius 3 is 2.50 bits per heavy atom. The molecule has 0 saturated heterocycles. The number of hydrogen-bond donors (Lipinski definition) is 2. The first-order valence-corrected chi connectivity index (χ1v) is 6.47. The van der Waals surface area contributed by atoms with Gasteiger partial charge in [0.25, 0.3) is 0 Å². The molecule has 0 aromatic carbocycles. The molecule has 0 spiro atoms. The van der Waals surface area contributed by atoms with E-state index in [1.807, 2.05) is 13.8 Å². The van der Waals surface area contributed by atoms with Crippen LogP contribution in [0.2, 0.25) is 0 Å². The van der Waals surface area contributed by atoms with E-state index in [4.69, 9.17) is 0 Å². The van der Waals surface area contributed by atoms with Gasteiger partial charge < -0.3 is 10.4 Å². The molecule has 0 heterocycles. The fourth-order valence-corrected chi connectivity index (χ4v) is 2.88. The summed E-state index contributed by atoms with van der Waals surface area (Å²) in [5.74, 6) is 0.782. The maximum Gasteiger partial charge on any atom is 0.220 e. The van der Waals surface area contributed by atoms with Gasteiger partial charge in [0.2, 0.25) is 5.91 Å². The van der Waals surface area contributed by atoms with Crippen LogP contribution in [0, 0.1) is 11.3 Å². The van der Waals surface area contributed by atoms with E-state index in [0.717, 1.165) is 0 Å². The van der Waals surface area contributed by atoms with Crippen LogP contribution >= 0.6 is 0 Å². The van der Waals surface area contributed by atoms with Gasteiger partial charge in [-0.2, -0.15) is 0 Å². The average Bonchev–Trinajstić information content (AvgIpc) is 2.70. The van der Waals surface area contributed by atoms with Crippen molar-refractivity contribution >= 4 is 5.91 Å². The summed E-state index contributed by atoms with van der Waals surface area (Å²) in [5, 5.41) is 12.7. The summed E-state index contributed by atoms with van der Waals surface area (Å²) >= 11 is 0. The molecule has 0 aliphatic heterocycles. The maximum absolute atomic E-state index is 11.8. The Labute approximate surface area is 97.6 Å². The Balaban J connectivity index is 1.75. The van der Waals surface area contributed by atoms with Gasteiger partial charge in [-0.25, -0.2) is 0 Å². The Morgan fingerprint density at radius 2 is 2.00 bits per heavy atom. The van der Waals surface area contributed by atoms with Gasteiger partial charge in [0.1, 0.15) is 0 Å². The van der Waals surface area contributed by atoms with Crippen molar-refractivity contribution in [3.8, 4) is 0 Å². The quantitative estimate of drug-likeness (QED) is 0.770. The molecular formula is C13H23NO2. The van der Waals surface area contributed by atoms with E-state index >= 15 is 0 Å². The molecule has 2 fully saturated rings. The molecule has 2 unspecified atom stereocenters. The fourth-order valence-electron chi connectivity index (χ4n) is 2.88. The third-order valence-electron chi connectivity index (χ3n) is 4.50. The Hall–Kier alpha value is -0.570. The van der Waals surface area contributed by atoms with E-state index in [1.54, 1.807) is 0 Å². The molecule has 2 N–H and O–H groups in total. The molecule has 0 bridgehead atoms. The summed E-state index contributed by atoms with van der Waals surface area (Å²) in [5.41, 5.74) is -0.147. The molecule has 0 radical (unpaired) electrons. The molecule has 3 nitrogen and oxygen atoms in total. The second-order valence-electron chi connectivity index (χ2n) is 6.05. The van der Waals surface area contributed by atoms with Crippen LogP contribution in [0.4, 0.5) is 0 Å². The first-order valence-electron chi connectivity index (χ1n) is 6.47. The lowest BCUT2D eigenvalue weighted by atomic mass is 9.64. The van der Waals surface area contributed by atoms with Crippen molar-refractivity contribution in [1.29, 1.82) is 0 Å². The standard InChI is InChI=1S/C13H23NO2/c1-13(2)10(8-11(13)15)14-12(16)7-9-5-3-4-6-9/h9-11,15H,3-8H2,1-2H3,(H,14,16). The van der Waals surface area contributed by atoms with Crippen LogP contribution in [-0.4, -0.2) is 23.2 Å². The molecule has 1 amide bonds. The third kappa shape index (κ3) is 2.24. The number of hydrogen-bond acceptors (Lipinski definition) is 2. The SMILES string of the molecule is CC1(C)C(O)CC1NC(=O)CC1CCCC1. The molecule has 2 aliphatic carbocycles. The van der Waals surface area contributed by atoms with Crippen LogP contribution in [0.3, 0.4) is 0 Å². The summed E-state index contributed by atoms with van der Waals surface area (Å²) in [4.78, 5) is 11.8. The topological polar surface area (TPSA) is 49.3 Å². The highest BCUT2D eigenvalue weighted by molar-refractivity contribution is 5.76. The highest BCUT2D eigenvalue weighted by Crippen LogP contribution is 2.40. The lowest BCUT2D eigenvalue weighted by Crippen LogP contribution is -2.61. The molecule has 0 aromatic heterocycles. The van der Waals surface area contributed by atoms with Gasteiger partial charge in [0.15, 0.2) is 0 Å². The minimum atomic E-state index is -0.260. The van der Waals surface area contributed by atoms with Crippen LogP contribution < -0.4 is 5.32 Å². The monoisotopic (exact) mass is 225 g/mol. The zero-order chi connectivity index (χ0) is 11.8. The lowest BCUT2D eigenvalue weighted by Gasteiger charge is -2.49. The number of rotatable bonds is 3. The molecule has 3 heteroatoms. The number of carbonyl (C=O) groups is 1. The van der Waals surface area contributed by atoms with Crippen molar-refractivity contribution in [2.45, 2.75) is 64.5 Å². The summed E-state index contributed by atoms with van der Waals surface area (Å²) in [6, 6.07) is 0.163. The molecule has 0 aromatic rings. The van der Waals surface area contributed by atoms with Crippen molar-refractivity contribution in [3.63, 3.8) is 0 Å². The minimum absolute atomic E-state index is 0.147. The smallest absolute Gasteiger partial charge is 0.220 e. The van der Waals surface area contributed by atoms with Gasteiger partial charge >= 0.3 is 0 Å². The molecule has 2 aliphatic rings. The maximum atomic E-state index is 11.8. The second-order valence-corrected chi connectivity index (χ2v) is 6.05. The second kappa shape index (κ2) is 4.36. The average molecular weight is 225 g/mol. The molecule has 16 heavy (non-hydrogen) atoms. The van der Waals surface area contributed by atoms with Gasteiger partial charge in [0, 0.05) is 17.9 Å². The third-order valence-corrected chi connectivity index (χ3v) is 4.50. The Bertz CT molecular complexity index is 269. The Morgan fingerprint density at radius 1 is 1.38 bits per heavy atom. The first-order chi connectivity index (χ1) is 7.50. The van der Waals surface area contributed by atoms with E-state index in [-0.39, 0.29) is 23.5 Å². The summed E-state index contributed by atoms with van der Waals surface area (Å²) < 4.78 is 0. The van der Waals surface area contributed by atoms with Crippen molar-refractivity contribution < 1.29 is 9.90 Å². The van der Waals surface area contributed by atoms with Crippen LogP contribution in [0.1, 0.15) is 52.4 Å². The molecule has 2 rings (SSSR count). The van der Waals surface area contributed by atoms with Crippen molar-refractivity contribution in [3.05, 3.63) is 0 Å². The van der Waals surface area contributed by atoms with Gasteiger partial charge in [-0.3, -0.25) is 4.79 Å². The fraction of sp³-hybridized carbons (Fsp3) is 0.923. The molecule has 92 valence electrons. The van der Waals surface area contributed by atoms with Crippen LogP contribution in [0.5, 0.6) is 0 Å². The zero-order valence-corrected chi connectivity index (χ0v) is 10.3. The normalized spacial score (nSPS) is 33.4. The van der Waals surface area contributed by atoms with E-state index in [2.05, 4.69) is 5.32 Å². The van der Waals surface area contributed by atoms with Gasteiger partial charge in [-0.1, -0.05) is 26.7 Å². The summed E-state index contributed by atoms with van der Waals surface area (Å²) in [6.45, 7) is 4.03. The van der Waals surface area contributed by atoms with Gasteiger partial charge in [-0.15, -0.1) is 0 Å². The molecular weight excluding hydrogens is 202 g/mol. The van der Waals surface area contributed by atoms with Gasteiger partial charge in [0.05, 0.1) is 6.10 Å². The van der Waals surface area contributed by atoms with Crippen LogP contribution in [-0.2, 0) is 4.79 Å². The van der Waals surface area contributed by atoms with Crippen molar-refractivity contribution in [2.75, 3.05) is 0 Å². The van der Waals surface area contributed by atoms with E-state index < -0.39 is 0 Å². The summed E-state index contributed by atoms with van der Waals surface area (Å²) in [6.07, 6.45) is 6.13. The zero-order valence-electron chi connectivity index (χ0n) is 10.3. The van der Waals surface area contributed by atoms with E-state index in [0.29, 0.717) is 18.8 Å². The molecule has 2 atom stereocenters. The first kappa shape index (κ1) is 11.9. The van der Waals surface area contributed by atoms with Crippen LogP contribution in [0.15, 0.2) is 0 Å². The van der Waals surface area contributed by atoms with Crippen molar-refractivity contribution in [1.82, 2.24) is 5.32 Å². The number of aliphatic hydroxyl groups excluding tert-OH is 1. The highest BCUT2D eigenvalue weighted by atomic mass is 16.3. The van der Waals surface area contributed by atoms with E-state index in [9.17, 15) is 9.90 Å². The van der Waals surface area contributed by atoms with Crippen LogP contribution in [0.25, 0.3) is 0 Å². The minimum Gasteiger partial charge on any atom is -0.392 e. The number of nitrogens with one attached hydrogen (secondary N) is 1. The number of aliphatic hydroxyl groups is 1. The van der Waals surface area contributed by atoms with Gasteiger partial charge in [-0.05, 0) is 25.2 Å². The predicted molar refractivity (Wildman–Crippen MR) is 62.9 cm³/mol. The Kier molecular flexibility index (Phi) is 3.24. The lowest BCUT2D eigenvalue weighted by molar-refractivity contribution is -0.130. The summed E-state index contributed by atoms with van der Waals surface area (Å²) in [7, 11) is 0.